The van der Waals surface area contributed by atoms with Crippen molar-refractivity contribution in [3.05, 3.63) is 54.1 Å². The van der Waals surface area contributed by atoms with Crippen LogP contribution in [0.15, 0.2) is 53.5 Å². The number of amides is 2. The van der Waals surface area contributed by atoms with Crippen LogP contribution in [0, 0.1) is 0 Å². The molecule has 0 unspecified atom stereocenters. The Bertz CT molecular complexity index is 981. The average Bonchev–Trinajstić information content (AvgIpc) is 3.35. The molecule has 0 saturated heterocycles. The lowest BCUT2D eigenvalue weighted by Gasteiger charge is -2.32. The molecule has 1 saturated carbocycles. The maximum absolute atomic E-state index is 13.2. The number of carbonyl (C=O) groups excluding carboxylic acids is 2. The molecule has 1 aliphatic heterocycles. The number of hydrogen-bond acceptors (Lipinski definition) is 5. The van der Waals surface area contributed by atoms with Gasteiger partial charge in [-0.15, -0.1) is 0 Å². The van der Waals surface area contributed by atoms with Gasteiger partial charge < -0.3 is 19.7 Å². The molecule has 156 valence electrons. The zero-order valence-electron chi connectivity index (χ0n) is 17.2. The summed E-state index contributed by atoms with van der Waals surface area (Å²) in [6.45, 7) is -0.0704. The standard InChI is InChI=1S/C23H25N3O4/c1-29-17-10-11-19(30-2)18(14-17)24-20(27)15-26-22(28)21(16-8-4-3-5-9-16)25-23(26)12-6-7-13-23/h3-5,8-11,14H,6-7,12-13,15H2,1-2H3,(H,24,27). The molecule has 0 radical (unpaired) electrons. The topological polar surface area (TPSA) is 80.2 Å². The first-order chi connectivity index (χ1) is 14.6. The zero-order valence-corrected chi connectivity index (χ0v) is 17.2. The Morgan fingerprint density at radius 1 is 1.10 bits per heavy atom. The van der Waals surface area contributed by atoms with Crippen molar-refractivity contribution >= 4 is 23.2 Å². The Morgan fingerprint density at radius 3 is 2.50 bits per heavy atom. The van der Waals surface area contributed by atoms with E-state index in [2.05, 4.69) is 5.32 Å². The van der Waals surface area contributed by atoms with Crippen LogP contribution in [0.25, 0.3) is 0 Å². The summed E-state index contributed by atoms with van der Waals surface area (Å²) in [5.74, 6) is 0.626. The zero-order chi connectivity index (χ0) is 21.1. The number of anilines is 1. The summed E-state index contributed by atoms with van der Waals surface area (Å²) < 4.78 is 10.6. The highest BCUT2D eigenvalue weighted by molar-refractivity contribution is 6.47. The molecule has 0 aromatic heterocycles. The van der Waals surface area contributed by atoms with Crippen LogP contribution < -0.4 is 14.8 Å². The molecule has 1 spiro atoms. The highest BCUT2D eigenvalue weighted by Crippen LogP contribution is 2.41. The van der Waals surface area contributed by atoms with Crippen molar-refractivity contribution in [2.45, 2.75) is 31.3 Å². The third-order valence-corrected chi connectivity index (χ3v) is 5.70. The summed E-state index contributed by atoms with van der Waals surface area (Å²) in [7, 11) is 3.09. The van der Waals surface area contributed by atoms with Gasteiger partial charge in [0.15, 0.2) is 0 Å². The molecule has 4 rings (SSSR count). The molecule has 7 heteroatoms. The van der Waals surface area contributed by atoms with Crippen LogP contribution in [0.2, 0.25) is 0 Å². The van der Waals surface area contributed by atoms with E-state index in [0.29, 0.717) is 22.9 Å². The molecule has 1 fully saturated rings. The largest absolute Gasteiger partial charge is 0.497 e. The van der Waals surface area contributed by atoms with Crippen LogP contribution in [0.1, 0.15) is 31.2 Å². The molecule has 0 atom stereocenters. The Morgan fingerprint density at radius 2 is 1.83 bits per heavy atom. The molecule has 0 bridgehead atoms. The minimum atomic E-state index is -0.627. The Kier molecular flexibility index (Phi) is 5.44. The van der Waals surface area contributed by atoms with E-state index < -0.39 is 5.66 Å². The van der Waals surface area contributed by atoms with Gasteiger partial charge in [0.05, 0.1) is 19.9 Å². The van der Waals surface area contributed by atoms with E-state index in [0.717, 1.165) is 31.2 Å². The molecule has 7 nitrogen and oxygen atoms in total. The highest BCUT2D eigenvalue weighted by Gasteiger charge is 2.49. The summed E-state index contributed by atoms with van der Waals surface area (Å²) >= 11 is 0. The number of aliphatic imine (C=N–C) groups is 1. The van der Waals surface area contributed by atoms with Crippen LogP contribution in [0.3, 0.4) is 0 Å². The molecule has 1 N–H and O–H groups in total. The molecule has 1 heterocycles. The Labute approximate surface area is 175 Å². The SMILES string of the molecule is COc1ccc(OC)c(NC(=O)CN2C(=O)C(c3ccccc3)=NC23CCCC3)c1. The maximum Gasteiger partial charge on any atom is 0.275 e. The first-order valence-electron chi connectivity index (χ1n) is 10.1. The molecule has 2 amide bonds. The van der Waals surface area contributed by atoms with Crippen molar-refractivity contribution in [3.63, 3.8) is 0 Å². The van der Waals surface area contributed by atoms with Gasteiger partial charge in [-0.1, -0.05) is 30.3 Å². The lowest BCUT2D eigenvalue weighted by atomic mass is 10.1. The molecule has 30 heavy (non-hydrogen) atoms. The lowest BCUT2D eigenvalue weighted by molar-refractivity contribution is -0.132. The predicted molar refractivity (Wildman–Crippen MR) is 114 cm³/mol. The van der Waals surface area contributed by atoms with Crippen LogP contribution in [-0.4, -0.2) is 48.9 Å². The van der Waals surface area contributed by atoms with E-state index >= 15 is 0 Å². The number of methoxy groups -OCH3 is 2. The number of benzene rings is 2. The van der Waals surface area contributed by atoms with Gasteiger partial charge in [-0.3, -0.25) is 14.6 Å². The monoisotopic (exact) mass is 407 g/mol. The first-order valence-corrected chi connectivity index (χ1v) is 10.1. The van der Waals surface area contributed by atoms with E-state index in [1.165, 1.54) is 7.11 Å². The summed E-state index contributed by atoms with van der Waals surface area (Å²) in [5, 5.41) is 2.86. The fraction of sp³-hybridized carbons (Fsp3) is 0.348. The minimum Gasteiger partial charge on any atom is -0.497 e. The number of nitrogens with one attached hydrogen (secondary N) is 1. The van der Waals surface area contributed by atoms with Crippen molar-refractivity contribution in [1.29, 1.82) is 0 Å². The number of ether oxygens (including phenoxy) is 2. The van der Waals surface area contributed by atoms with E-state index in [-0.39, 0.29) is 18.4 Å². The number of carbonyl (C=O) groups is 2. The summed E-state index contributed by atoms with van der Waals surface area (Å²) in [6.07, 6.45) is 3.51. The van der Waals surface area contributed by atoms with Gasteiger partial charge in [0.2, 0.25) is 5.91 Å². The van der Waals surface area contributed by atoms with Crippen molar-refractivity contribution < 1.29 is 19.1 Å². The number of hydrogen-bond donors (Lipinski definition) is 1. The minimum absolute atomic E-state index is 0.0704. The van der Waals surface area contributed by atoms with E-state index in [1.807, 2.05) is 30.3 Å². The second kappa shape index (κ2) is 8.18. The van der Waals surface area contributed by atoms with Gasteiger partial charge in [-0.05, 0) is 37.8 Å². The average molecular weight is 407 g/mol. The van der Waals surface area contributed by atoms with Crippen LogP contribution in [0.4, 0.5) is 5.69 Å². The summed E-state index contributed by atoms with van der Waals surface area (Å²) in [4.78, 5) is 32.6. The Hall–Kier alpha value is -3.35. The summed E-state index contributed by atoms with van der Waals surface area (Å²) in [5.41, 5.74) is 1.09. The molecule has 2 aliphatic rings. The van der Waals surface area contributed by atoms with Crippen LogP contribution >= 0.6 is 0 Å². The van der Waals surface area contributed by atoms with Gasteiger partial charge in [0.1, 0.15) is 29.4 Å². The second-order valence-electron chi connectivity index (χ2n) is 7.52. The Balaban J connectivity index is 1.57. The first kappa shape index (κ1) is 19.9. The predicted octanol–water partition coefficient (Wildman–Crippen LogP) is 3.24. The van der Waals surface area contributed by atoms with Crippen molar-refractivity contribution in [1.82, 2.24) is 4.90 Å². The van der Waals surface area contributed by atoms with Crippen molar-refractivity contribution in [2.24, 2.45) is 4.99 Å². The van der Waals surface area contributed by atoms with Gasteiger partial charge in [-0.25, -0.2) is 0 Å². The molecule has 1 aliphatic carbocycles. The number of nitrogens with zero attached hydrogens (tertiary/aromatic N) is 2. The van der Waals surface area contributed by atoms with Crippen molar-refractivity contribution in [2.75, 3.05) is 26.1 Å². The third-order valence-electron chi connectivity index (χ3n) is 5.70. The van der Waals surface area contributed by atoms with E-state index in [4.69, 9.17) is 14.5 Å². The lowest BCUT2D eigenvalue weighted by Crippen LogP contribution is -2.48. The maximum atomic E-state index is 13.2. The quantitative estimate of drug-likeness (QED) is 0.797. The van der Waals surface area contributed by atoms with Crippen LogP contribution in [0.5, 0.6) is 11.5 Å². The van der Waals surface area contributed by atoms with Gasteiger partial charge in [0.25, 0.3) is 5.91 Å². The van der Waals surface area contributed by atoms with Crippen molar-refractivity contribution in [3.8, 4) is 11.5 Å². The molecular formula is C23H25N3O4. The van der Waals surface area contributed by atoms with Crippen LogP contribution in [-0.2, 0) is 9.59 Å². The van der Waals surface area contributed by atoms with Gasteiger partial charge in [-0.2, -0.15) is 0 Å². The second-order valence-corrected chi connectivity index (χ2v) is 7.52. The van der Waals surface area contributed by atoms with E-state index in [9.17, 15) is 9.59 Å². The molecule has 2 aromatic rings. The molecular weight excluding hydrogens is 382 g/mol. The number of rotatable bonds is 6. The highest BCUT2D eigenvalue weighted by atomic mass is 16.5. The third kappa shape index (κ3) is 3.63. The smallest absolute Gasteiger partial charge is 0.275 e. The van der Waals surface area contributed by atoms with Gasteiger partial charge >= 0.3 is 0 Å². The molecule has 2 aromatic carbocycles. The normalized spacial score (nSPS) is 17.2. The van der Waals surface area contributed by atoms with Gasteiger partial charge in [0, 0.05) is 11.6 Å². The fourth-order valence-electron chi connectivity index (χ4n) is 4.20. The summed E-state index contributed by atoms with van der Waals surface area (Å²) in [6, 6.07) is 14.6. The fourth-order valence-corrected chi connectivity index (χ4v) is 4.20. The van der Waals surface area contributed by atoms with E-state index in [1.54, 1.807) is 30.2 Å².